The van der Waals surface area contributed by atoms with E-state index in [1.807, 2.05) is 30.3 Å². The van der Waals surface area contributed by atoms with E-state index in [1.54, 1.807) is 6.07 Å². The number of nitrogens with two attached hydrogens (primary N) is 2. The second kappa shape index (κ2) is 7.80. The lowest BCUT2D eigenvalue weighted by molar-refractivity contribution is 0.540. The van der Waals surface area contributed by atoms with E-state index in [-0.39, 0.29) is 4.90 Å². The lowest BCUT2D eigenvalue weighted by atomic mass is 9.97. The first-order valence-electron chi connectivity index (χ1n) is 7.57. The van der Waals surface area contributed by atoms with Gasteiger partial charge in [-0.3, -0.25) is 4.99 Å². The molecule has 0 amide bonds. The standard InChI is InChI=1S/C15H18BrN7O2S/c16-12-6-5-11(10-3-1-9(2-4-10)7-19-8-17)13(14(12)26(18,24)25)15-20-22-23-21-15/h1-6,8,15,20-23H,7H2,(H2,17,19)(H2,18,24,25). The number of nitrogens with zero attached hydrogens (tertiary/aromatic N) is 1. The van der Waals surface area contributed by atoms with Crippen molar-refractivity contribution in [3.63, 3.8) is 0 Å². The van der Waals surface area contributed by atoms with Crippen LogP contribution in [0.25, 0.3) is 11.1 Å². The van der Waals surface area contributed by atoms with Gasteiger partial charge in [0, 0.05) is 10.0 Å². The number of primary sulfonamides is 1. The number of nitrogens with one attached hydrogen (secondary N) is 4. The van der Waals surface area contributed by atoms with Crippen molar-refractivity contribution < 1.29 is 8.42 Å². The van der Waals surface area contributed by atoms with Crippen molar-refractivity contribution in [2.24, 2.45) is 15.9 Å². The molecule has 2 aromatic carbocycles. The third-order valence-electron chi connectivity index (χ3n) is 3.86. The fourth-order valence-corrected chi connectivity index (χ4v) is 4.64. The Hall–Kier alpha value is -1.86. The van der Waals surface area contributed by atoms with Crippen molar-refractivity contribution in [1.29, 1.82) is 0 Å². The average Bonchev–Trinajstić information content (AvgIpc) is 3.13. The molecule has 0 aromatic heterocycles. The minimum atomic E-state index is -3.97. The molecule has 0 spiro atoms. The second-order valence-corrected chi connectivity index (χ2v) is 7.89. The van der Waals surface area contributed by atoms with Crippen molar-refractivity contribution in [1.82, 2.24) is 21.9 Å². The van der Waals surface area contributed by atoms with E-state index in [9.17, 15) is 8.42 Å². The van der Waals surface area contributed by atoms with Gasteiger partial charge in [0.2, 0.25) is 10.0 Å². The fourth-order valence-electron chi connectivity index (χ4n) is 2.75. The van der Waals surface area contributed by atoms with Crippen LogP contribution in [0.4, 0.5) is 0 Å². The van der Waals surface area contributed by atoms with Crippen molar-refractivity contribution in [3.05, 3.63) is 52.0 Å². The predicted molar refractivity (Wildman–Crippen MR) is 103 cm³/mol. The third kappa shape index (κ3) is 3.94. The van der Waals surface area contributed by atoms with E-state index in [4.69, 9.17) is 10.9 Å². The van der Waals surface area contributed by atoms with Gasteiger partial charge in [-0.25, -0.2) is 24.4 Å². The molecule has 1 heterocycles. The first-order chi connectivity index (χ1) is 12.4. The zero-order valence-corrected chi connectivity index (χ0v) is 15.9. The maximum atomic E-state index is 12.2. The van der Waals surface area contributed by atoms with Crippen LogP contribution in [0.15, 0.2) is 50.8 Å². The van der Waals surface area contributed by atoms with E-state index in [1.165, 1.54) is 6.34 Å². The number of hydrogen-bond donors (Lipinski definition) is 6. The summed E-state index contributed by atoms with van der Waals surface area (Å²) in [7, 11) is -3.97. The van der Waals surface area contributed by atoms with E-state index in [2.05, 4.69) is 42.8 Å². The van der Waals surface area contributed by atoms with Crippen LogP contribution in [-0.2, 0) is 16.6 Å². The number of aliphatic imine (C=N–C) groups is 1. The number of benzene rings is 2. The molecule has 8 N–H and O–H groups in total. The smallest absolute Gasteiger partial charge is 0.239 e. The molecule has 0 unspecified atom stereocenters. The van der Waals surface area contributed by atoms with E-state index in [0.29, 0.717) is 16.6 Å². The molecule has 11 heteroatoms. The largest absolute Gasteiger partial charge is 0.390 e. The Morgan fingerprint density at radius 3 is 2.35 bits per heavy atom. The highest BCUT2D eigenvalue weighted by molar-refractivity contribution is 9.10. The normalized spacial score (nSPS) is 15.8. The van der Waals surface area contributed by atoms with Crippen LogP contribution in [0.5, 0.6) is 0 Å². The van der Waals surface area contributed by atoms with Crippen LogP contribution >= 0.6 is 15.9 Å². The minimum absolute atomic E-state index is 0.0160. The molecule has 9 nitrogen and oxygen atoms in total. The predicted octanol–water partition coefficient (Wildman–Crippen LogP) is 0.366. The SMILES string of the molecule is NC=NCc1ccc(-c2ccc(Br)c(S(N)(=O)=O)c2C2NNNN2)cc1. The number of hydrogen-bond acceptors (Lipinski definition) is 7. The zero-order chi connectivity index (χ0) is 18.7. The Morgan fingerprint density at radius 1 is 1.12 bits per heavy atom. The lowest BCUT2D eigenvalue weighted by Gasteiger charge is -2.20. The van der Waals surface area contributed by atoms with E-state index in [0.717, 1.165) is 16.7 Å². The molecular weight excluding hydrogens is 422 g/mol. The van der Waals surface area contributed by atoms with Gasteiger partial charge in [-0.2, -0.15) is 11.1 Å². The van der Waals surface area contributed by atoms with Crippen LogP contribution < -0.4 is 32.8 Å². The second-order valence-electron chi connectivity index (χ2n) is 5.54. The summed E-state index contributed by atoms with van der Waals surface area (Å²) in [5.74, 6) is 0. The van der Waals surface area contributed by atoms with Crippen molar-refractivity contribution >= 4 is 32.3 Å². The summed E-state index contributed by atoms with van der Waals surface area (Å²) in [5.41, 5.74) is 19.5. The number of hydrazine groups is 3. The number of halogens is 1. The quantitative estimate of drug-likeness (QED) is 0.291. The van der Waals surface area contributed by atoms with Gasteiger partial charge in [0.25, 0.3) is 0 Å². The van der Waals surface area contributed by atoms with Crippen LogP contribution in [-0.4, -0.2) is 14.8 Å². The van der Waals surface area contributed by atoms with Gasteiger partial charge < -0.3 is 5.73 Å². The van der Waals surface area contributed by atoms with Crippen molar-refractivity contribution in [2.75, 3.05) is 0 Å². The first-order valence-corrected chi connectivity index (χ1v) is 9.91. The highest BCUT2D eigenvalue weighted by Crippen LogP contribution is 2.37. The molecule has 2 aromatic rings. The third-order valence-corrected chi connectivity index (χ3v) is 5.79. The maximum Gasteiger partial charge on any atom is 0.239 e. The Balaban J connectivity index is 2.15. The number of rotatable bonds is 5. The molecule has 0 aliphatic carbocycles. The Labute approximate surface area is 159 Å². The molecule has 0 saturated carbocycles. The van der Waals surface area contributed by atoms with Crippen LogP contribution in [0.2, 0.25) is 0 Å². The summed E-state index contributed by atoms with van der Waals surface area (Å²) in [6.45, 7) is 0.478. The summed E-state index contributed by atoms with van der Waals surface area (Å²) >= 11 is 3.29. The summed E-state index contributed by atoms with van der Waals surface area (Å²) in [4.78, 5) is 4.01. The molecule has 138 valence electrons. The molecule has 1 fully saturated rings. The molecule has 0 atom stereocenters. The summed E-state index contributed by atoms with van der Waals surface area (Å²) < 4.78 is 24.8. The van der Waals surface area contributed by atoms with Crippen LogP contribution in [0, 0.1) is 0 Å². The number of sulfonamides is 1. The minimum Gasteiger partial charge on any atom is -0.390 e. The van der Waals surface area contributed by atoms with Gasteiger partial charge in [0.15, 0.2) is 0 Å². The van der Waals surface area contributed by atoms with Gasteiger partial charge in [0.1, 0.15) is 11.1 Å². The first kappa shape index (κ1) is 18.9. The molecule has 1 aliphatic rings. The molecular formula is C15H18BrN7O2S. The highest BCUT2D eigenvalue weighted by atomic mass is 79.9. The topological polar surface area (TPSA) is 147 Å². The zero-order valence-electron chi connectivity index (χ0n) is 13.5. The summed E-state index contributed by atoms with van der Waals surface area (Å²) in [6, 6.07) is 11.1. The average molecular weight is 440 g/mol. The summed E-state index contributed by atoms with van der Waals surface area (Å²) in [5, 5.41) is 5.47. The molecule has 1 saturated heterocycles. The van der Waals surface area contributed by atoms with Gasteiger partial charge in [-0.1, -0.05) is 30.3 Å². The van der Waals surface area contributed by atoms with Crippen molar-refractivity contribution in [3.8, 4) is 11.1 Å². The molecule has 1 aliphatic heterocycles. The highest BCUT2D eigenvalue weighted by Gasteiger charge is 2.29. The van der Waals surface area contributed by atoms with Gasteiger partial charge in [0.05, 0.1) is 12.9 Å². The Morgan fingerprint density at radius 2 is 1.77 bits per heavy atom. The molecule has 26 heavy (non-hydrogen) atoms. The lowest BCUT2D eigenvalue weighted by Crippen LogP contribution is -2.33. The molecule has 0 bridgehead atoms. The van der Waals surface area contributed by atoms with Gasteiger partial charge in [-0.15, -0.1) is 0 Å². The Kier molecular flexibility index (Phi) is 5.67. The van der Waals surface area contributed by atoms with Crippen LogP contribution in [0.3, 0.4) is 0 Å². The van der Waals surface area contributed by atoms with E-state index >= 15 is 0 Å². The Bertz CT molecular complexity index is 926. The summed E-state index contributed by atoms with van der Waals surface area (Å²) in [6.07, 6.45) is 0.744. The fraction of sp³-hybridized carbons (Fsp3) is 0.133. The van der Waals surface area contributed by atoms with Crippen molar-refractivity contribution in [2.45, 2.75) is 17.6 Å². The van der Waals surface area contributed by atoms with Crippen LogP contribution in [0.1, 0.15) is 17.3 Å². The molecule has 0 radical (unpaired) electrons. The monoisotopic (exact) mass is 439 g/mol. The molecule has 3 rings (SSSR count). The maximum absolute atomic E-state index is 12.2. The van der Waals surface area contributed by atoms with E-state index < -0.39 is 16.2 Å². The van der Waals surface area contributed by atoms with Gasteiger partial charge >= 0.3 is 0 Å². The van der Waals surface area contributed by atoms with Gasteiger partial charge in [-0.05, 0) is 38.7 Å².